The Labute approximate surface area is 310 Å². The van der Waals surface area contributed by atoms with Crippen molar-refractivity contribution < 1.29 is 35.5 Å². The van der Waals surface area contributed by atoms with E-state index in [1.54, 1.807) is 36.4 Å². The zero-order valence-corrected chi connectivity index (χ0v) is 31.6. The van der Waals surface area contributed by atoms with E-state index in [0.717, 1.165) is 26.6 Å². The molecule has 0 saturated carbocycles. The molecule has 0 fully saturated rings. The Morgan fingerprint density at radius 3 is 2.00 bits per heavy atom. The van der Waals surface area contributed by atoms with Crippen LogP contribution in [0.4, 0.5) is 0 Å². The number of carbonyl (C=O) groups is 1. The van der Waals surface area contributed by atoms with Gasteiger partial charge in [-0.3, -0.25) is 4.79 Å². The lowest BCUT2D eigenvalue weighted by Crippen LogP contribution is -2.40. The molecule has 53 heavy (non-hydrogen) atoms. The van der Waals surface area contributed by atoms with Gasteiger partial charge < -0.3 is 13.9 Å². The van der Waals surface area contributed by atoms with Gasteiger partial charge in [0.15, 0.2) is 11.5 Å². The van der Waals surface area contributed by atoms with Gasteiger partial charge in [-0.25, -0.2) is 22.3 Å². The quantitative estimate of drug-likeness (QED) is 0.0941. The second-order valence-electron chi connectivity index (χ2n) is 12.3. The van der Waals surface area contributed by atoms with Crippen LogP contribution in [-0.4, -0.2) is 64.9 Å². The fourth-order valence-corrected chi connectivity index (χ4v) is 8.18. The van der Waals surface area contributed by atoms with E-state index in [0.29, 0.717) is 17.9 Å². The van der Waals surface area contributed by atoms with Crippen LogP contribution in [0.1, 0.15) is 33.8 Å². The molecule has 5 aromatic rings. The molecule has 0 spiro atoms. The summed E-state index contributed by atoms with van der Waals surface area (Å²) in [4.78, 5) is 13.2. The maximum atomic E-state index is 13.8. The molecule has 0 unspecified atom stereocenters. The highest BCUT2D eigenvalue weighted by atomic mass is 32.2. The number of ether oxygens (including phenoxy) is 2. The fraction of sp³-hybridized carbons (Fsp3) is 0.231. The Morgan fingerprint density at radius 1 is 0.717 bits per heavy atom. The summed E-state index contributed by atoms with van der Waals surface area (Å²) in [5.41, 5.74) is 6.09. The van der Waals surface area contributed by atoms with E-state index in [1.807, 2.05) is 68.4 Å². The first-order chi connectivity index (χ1) is 25.4. The fourth-order valence-electron chi connectivity index (χ4n) is 5.38. The summed E-state index contributed by atoms with van der Waals surface area (Å²) >= 11 is 0. The molecule has 1 amide bonds. The van der Waals surface area contributed by atoms with Crippen LogP contribution in [0, 0.1) is 13.8 Å². The molecule has 0 bridgehead atoms. The molecule has 1 aromatic heterocycles. The second kappa shape index (κ2) is 17.5. The molecule has 4 aromatic carbocycles. The Morgan fingerprint density at radius 2 is 1.34 bits per heavy atom. The number of furan rings is 1. The molecule has 1 heterocycles. The van der Waals surface area contributed by atoms with Crippen molar-refractivity contribution >= 4 is 32.2 Å². The van der Waals surface area contributed by atoms with Gasteiger partial charge in [-0.15, -0.1) is 0 Å². The van der Waals surface area contributed by atoms with Gasteiger partial charge in [-0.2, -0.15) is 13.7 Å². The second-order valence-corrected chi connectivity index (χ2v) is 16.1. The summed E-state index contributed by atoms with van der Waals surface area (Å²) in [5.74, 6) is 0.520. The van der Waals surface area contributed by atoms with Crippen molar-refractivity contribution in [3.05, 3.63) is 143 Å². The Hall–Kier alpha value is -5.28. The summed E-state index contributed by atoms with van der Waals surface area (Å²) in [6.07, 6.45) is 1.62. The molecule has 0 saturated heterocycles. The number of benzene rings is 4. The first kappa shape index (κ1) is 38.9. The number of aryl methyl sites for hydroxylation is 2. The highest BCUT2D eigenvalue weighted by molar-refractivity contribution is 7.89. The van der Waals surface area contributed by atoms with Crippen LogP contribution in [0.5, 0.6) is 11.5 Å². The maximum Gasteiger partial charge on any atom is 0.255 e. The van der Waals surface area contributed by atoms with Gasteiger partial charge in [0, 0.05) is 19.2 Å². The van der Waals surface area contributed by atoms with Crippen LogP contribution in [-0.2, 0) is 44.4 Å². The summed E-state index contributed by atoms with van der Waals surface area (Å²) in [7, 11) is -5.20. The predicted molar refractivity (Wildman–Crippen MR) is 202 cm³/mol. The first-order valence-corrected chi connectivity index (χ1v) is 19.6. The van der Waals surface area contributed by atoms with E-state index in [1.165, 1.54) is 42.9 Å². The van der Waals surface area contributed by atoms with Crippen molar-refractivity contribution in [1.82, 2.24) is 14.0 Å². The van der Waals surface area contributed by atoms with Crippen LogP contribution in [0.3, 0.4) is 0 Å². The van der Waals surface area contributed by atoms with Crippen LogP contribution < -0.4 is 14.9 Å². The van der Waals surface area contributed by atoms with E-state index in [-0.39, 0.29) is 40.9 Å². The van der Waals surface area contributed by atoms with E-state index in [4.69, 9.17) is 13.9 Å². The van der Waals surface area contributed by atoms with E-state index in [9.17, 15) is 21.6 Å². The highest BCUT2D eigenvalue weighted by Crippen LogP contribution is 2.31. The average Bonchev–Trinajstić information content (AvgIpc) is 3.61. The molecular weight excluding hydrogens is 717 g/mol. The summed E-state index contributed by atoms with van der Waals surface area (Å²) < 4.78 is 74.0. The minimum atomic E-state index is -4.16. The topological polar surface area (TPSA) is 148 Å². The average molecular weight is 759 g/mol. The lowest BCUT2D eigenvalue weighted by molar-refractivity contribution is -0.121. The zero-order valence-electron chi connectivity index (χ0n) is 29.9. The number of methoxy groups -OCH3 is 2. The van der Waals surface area contributed by atoms with E-state index < -0.39 is 32.5 Å². The molecule has 0 aliphatic heterocycles. The Kier molecular flexibility index (Phi) is 12.9. The number of hydrazone groups is 1. The van der Waals surface area contributed by atoms with Gasteiger partial charge in [0.05, 0.1) is 43.3 Å². The molecule has 0 radical (unpaired) electrons. The lowest BCUT2D eigenvalue weighted by Gasteiger charge is -2.22. The third-order valence-electron chi connectivity index (χ3n) is 8.34. The third kappa shape index (κ3) is 10.2. The van der Waals surface area contributed by atoms with Gasteiger partial charge in [0.25, 0.3) is 5.91 Å². The van der Waals surface area contributed by atoms with Crippen molar-refractivity contribution in [2.45, 2.75) is 43.1 Å². The van der Waals surface area contributed by atoms with Gasteiger partial charge in [-0.1, -0.05) is 77.9 Å². The normalized spacial score (nSPS) is 12.0. The number of nitrogens with one attached hydrogen (secondary N) is 1. The molecule has 12 nitrogen and oxygen atoms in total. The molecule has 5 rings (SSSR count). The first-order valence-electron chi connectivity index (χ1n) is 16.7. The summed E-state index contributed by atoms with van der Waals surface area (Å²) in [5, 5.41) is 3.98. The van der Waals surface area contributed by atoms with Crippen molar-refractivity contribution in [3.63, 3.8) is 0 Å². The molecule has 0 aliphatic carbocycles. The van der Waals surface area contributed by atoms with Gasteiger partial charge in [-0.05, 0) is 67.8 Å². The highest BCUT2D eigenvalue weighted by Gasteiger charge is 2.28. The van der Waals surface area contributed by atoms with E-state index >= 15 is 0 Å². The number of carbonyl (C=O) groups excluding carboxylic acids is 1. The number of nitrogens with zero attached hydrogens (tertiary/aromatic N) is 3. The number of hydrogen-bond acceptors (Lipinski definition) is 9. The minimum absolute atomic E-state index is 0.0178. The summed E-state index contributed by atoms with van der Waals surface area (Å²) in [6, 6.07) is 31.1. The van der Waals surface area contributed by atoms with E-state index in [2.05, 4.69) is 10.5 Å². The zero-order chi connectivity index (χ0) is 38.0. The molecule has 0 atom stereocenters. The molecule has 278 valence electrons. The number of rotatable bonds is 17. The standard InChI is InChI=1S/C39H42N4O8S2/c1-29-10-14-32(15-11-29)26-43(52(45,46)35-18-12-30(2)13-19-35)27-34-17-16-33(51-34)25-40-41-39(44)28-42(23-22-31-8-6-5-7-9-31)53(47,48)36-20-21-37(49-3)38(24-36)50-4/h5-21,24-25H,22-23,26-28H2,1-4H3,(H,41,44)/b40-25-. The largest absolute Gasteiger partial charge is 0.493 e. The number of hydrogen-bond donors (Lipinski definition) is 1. The Bertz CT molecular complexity index is 2240. The van der Waals surface area contributed by atoms with Crippen molar-refractivity contribution in [3.8, 4) is 11.5 Å². The number of sulfonamides is 2. The minimum Gasteiger partial charge on any atom is -0.493 e. The maximum absolute atomic E-state index is 13.8. The summed E-state index contributed by atoms with van der Waals surface area (Å²) in [6.45, 7) is 3.40. The predicted octanol–water partition coefficient (Wildman–Crippen LogP) is 5.69. The molecule has 14 heteroatoms. The van der Waals surface area contributed by atoms with Gasteiger partial charge in [0.2, 0.25) is 20.0 Å². The van der Waals surface area contributed by atoms with Gasteiger partial charge >= 0.3 is 0 Å². The smallest absolute Gasteiger partial charge is 0.255 e. The van der Waals surface area contributed by atoms with Crippen molar-refractivity contribution in [1.29, 1.82) is 0 Å². The monoisotopic (exact) mass is 758 g/mol. The van der Waals surface area contributed by atoms with Crippen LogP contribution >= 0.6 is 0 Å². The lowest BCUT2D eigenvalue weighted by atomic mass is 10.1. The van der Waals surface area contributed by atoms with Gasteiger partial charge in [0.1, 0.15) is 11.5 Å². The van der Waals surface area contributed by atoms with Crippen molar-refractivity contribution in [2.24, 2.45) is 5.10 Å². The molecular formula is C39H42N4O8S2. The Balaban J connectivity index is 1.29. The molecule has 1 N–H and O–H groups in total. The van der Waals surface area contributed by atoms with Crippen LogP contribution in [0.2, 0.25) is 0 Å². The SMILES string of the molecule is COc1ccc(S(=O)(=O)N(CCc2ccccc2)CC(=O)N/N=C\c2ccc(CN(Cc3ccc(C)cc3)S(=O)(=O)c3ccc(C)cc3)o2)cc1OC. The third-order valence-corrected chi connectivity index (χ3v) is 12.0. The van der Waals surface area contributed by atoms with Crippen LogP contribution in [0.25, 0.3) is 0 Å². The molecule has 0 aliphatic rings. The van der Waals surface area contributed by atoms with Crippen LogP contribution in [0.15, 0.2) is 129 Å². The van der Waals surface area contributed by atoms with Crippen molar-refractivity contribution in [2.75, 3.05) is 27.3 Å². The number of amides is 1.